The Hall–Kier alpha value is -2.82. The van der Waals surface area contributed by atoms with Gasteiger partial charge in [-0.25, -0.2) is 18.5 Å². The van der Waals surface area contributed by atoms with E-state index in [9.17, 15) is 31.9 Å². The maximum Gasteiger partial charge on any atom is 0.431 e. The van der Waals surface area contributed by atoms with Crippen LogP contribution in [0.3, 0.4) is 0 Å². The van der Waals surface area contributed by atoms with Crippen LogP contribution >= 0.6 is 11.6 Å². The average Bonchev–Trinajstić information content (AvgIpc) is 2.68. The van der Waals surface area contributed by atoms with Crippen LogP contribution in [0.15, 0.2) is 27.8 Å². The number of alkyl halides is 3. The Labute approximate surface area is 178 Å². The Bertz CT molecular complexity index is 1120. The quantitative estimate of drug-likeness (QED) is 0.702. The van der Waals surface area contributed by atoms with Gasteiger partial charge in [0.05, 0.1) is 10.7 Å². The Balaban J connectivity index is 1.98. The zero-order valence-corrected chi connectivity index (χ0v) is 17.0. The van der Waals surface area contributed by atoms with E-state index < -0.39 is 40.7 Å². The predicted octanol–water partition coefficient (Wildman–Crippen LogP) is 3.77. The zero-order chi connectivity index (χ0) is 22.9. The number of aromatic nitrogens is 2. The van der Waals surface area contributed by atoms with E-state index in [2.05, 4.69) is 5.32 Å². The van der Waals surface area contributed by atoms with Crippen molar-refractivity contribution < 1.29 is 27.1 Å². The molecular weight excluding hydrogens is 446 g/mol. The van der Waals surface area contributed by atoms with Gasteiger partial charge in [0.1, 0.15) is 11.5 Å². The largest absolute Gasteiger partial charge is 0.431 e. The molecule has 1 amide bonds. The lowest BCUT2D eigenvalue weighted by atomic mass is 9.96. The molecule has 1 fully saturated rings. The summed E-state index contributed by atoms with van der Waals surface area (Å²) in [5.74, 6) is -1.52. The lowest BCUT2D eigenvalue weighted by molar-refractivity contribution is -0.144. The van der Waals surface area contributed by atoms with Crippen molar-refractivity contribution in [2.24, 2.45) is 7.05 Å². The molecule has 0 radical (unpaired) electrons. The normalized spacial score (nSPS) is 15.0. The standard InChI is InChI=1S/C19H18ClF4N3O4/c1-26-15(19(22,23)24)9-16(28)27(18(26)30)13-8-14(11(20)7-12(13)21)31-17(29)25-10-5-3-2-4-6-10/h7-10H,2-6H2,1H3,(H,25,29). The number of hydrogen-bond acceptors (Lipinski definition) is 4. The lowest BCUT2D eigenvalue weighted by Gasteiger charge is -2.22. The van der Waals surface area contributed by atoms with E-state index in [1.165, 1.54) is 0 Å². The number of ether oxygens (including phenoxy) is 1. The first kappa shape index (κ1) is 22.9. The van der Waals surface area contributed by atoms with Gasteiger partial charge < -0.3 is 10.1 Å². The van der Waals surface area contributed by atoms with E-state index in [4.69, 9.17) is 16.3 Å². The van der Waals surface area contributed by atoms with Crippen LogP contribution in [0, 0.1) is 5.82 Å². The fourth-order valence-corrected chi connectivity index (χ4v) is 3.62. The van der Waals surface area contributed by atoms with Crippen molar-refractivity contribution in [2.75, 3.05) is 0 Å². The third-order valence-corrected chi connectivity index (χ3v) is 5.28. The van der Waals surface area contributed by atoms with Crippen LogP contribution in [-0.2, 0) is 13.2 Å². The molecular formula is C19H18ClF4N3O4. The molecule has 0 bridgehead atoms. The molecule has 1 saturated carbocycles. The predicted molar refractivity (Wildman–Crippen MR) is 103 cm³/mol. The number of hydrogen-bond donors (Lipinski definition) is 1. The molecule has 1 aliphatic rings. The summed E-state index contributed by atoms with van der Waals surface area (Å²) in [6, 6.07) is 1.59. The maximum atomic E-state index is 14.5. The number of amides is 1. The van der Waals surface area contributed by atoms with Gasteiger partial charge in [0.25, 0.3) is 5.56 Å². The summed E-state index contributed by atoms with van der Waals surface area (Å²) in [6.45, 7) is 0. The minimum Gasteiger partial charge on any atom is -0.409 e. The molecule has 1 aromatic carbocycles. The minimum absolute atomic E-state index is 0.0928. The second-order valence-corrected chi connectivity index (χ2v) is 7.55. The van der Waals surface area contributed by atoms with Crippen LogP contribution in [0.2, 0.25) is 5.02 Å². The summed E-state index contributed by atoms with van der Waals surface area (Å²) in [6.07, 6.45) is -1.31. The van der Waals surface area contributed by atoms with Crippen molar-refractivity contribution in [1.82, 2.24) is 14.5 Å². The second-order valence-electron chi connectivity index (χ2n) is 7.15. The number of halogens is 5. The Morgan fingerprint density at radius 2 is 1.81 bits per heavy atom. The highest BCUT2D eigenvalue weighted by molar-refractivity contribution is 6.32. The molecule has 3 rings (SSSR count). The van der Waals surface area contributed by atoms with E-state index in [-0.39, 0.29) is 32.0 Å². The third kappa shape index (κ3) is 4.92. The summed E-state index contributed by atoms with van der Waals surface area (Å²) >= 11 is 5.91. The van der Waals surface area contributed by atoms with Crippen LogP contribution in [0.1, 0.15) is 37.8 Å². The maximum absolute atomic E-state index is 14.5. The summed E-state index contributed by atoms with van der Waals surface area (Å²) in [5, 5.41) is 2.33. The van der Waals surface area contributed by atoms with Crippen LogP contribution < -0.4 is 21.3 Å². The molecule has 1 heterocycles. The van der Waals surface area contributed by atoms with Crippen molar-refractivity contribution in [3.63, 3.8) is 0 Å². The van der Waals surface area contributed by atoms with E-state index in [0.29, 0.717) is 6.07 Å². The van der Waals surface area contributed by atoms with Crippen molar-refractivity contribution in [2.45, 2.75) is 44.3 Å². The first-order valence-electron chi connectivity index (χ1n) is 9.37. The van der Waals surface area contributed by atoms with Gasteiger partial charge in [-0.3, -0.25) is 9.36 Å². The van der Waals surface area contributed by atoms with Gasteiger partial charge >= 0.3 is 18.0 Å². The van der Waals surface area contributed by atoms with Crippen LogP contribution in [-0.4, -0.2) is 21.3 Å². The molecule has 0 unspecified atom stereocenters. The Morgan fingerprint density at radius 1 is 1.16 bits per heavy atom. The second kappa shape index (κ2) is 8.74. The van der Waals surface area contributed by atoms with Crippen LogP contribution in [0.25, 0.3) is 5.69 Å². The molecule has 12 heteroatoms. The average molecular weight is 464 g/mol. The van der Waals surface area contributed by atoms with Gasteiger partial charge in [0.2, 0.25) is 0 Å². The van der Waals surface area contributed by atoms with Crippen LogP contribution in [0.5, 0.6) is 5.75 Å². The molecule has 2 aromatic rings. The lowest BCUT2D eigenvalue weighted by Crippen LogP contribution is -2.41. The molecule has 0 spiro atoms. The van der Waals surface area contributed by atoms with Crippen molar-refractivity contribution in [3.05, 3.63) is 55.6 Å². The zero-order valence-electron chi connectivity index (χ0n) is 16.3. The van der Waals surface area contributed by atoms with E-state index in [0.717, 1.165) is 45.2 Å². The highest BCUT2D eigenvalue weighted by Gasteiger charge is 2.35. The molecule has 0 saturated heterocycles. The van der Waals surface area contributed by atoms with Crippen molar-refractivity contribution in [3.8, 4) is 11.4 Å². The summed E-state index contributed by atoms with van der Waals surface area (Å²) in [5.41, 5.74) is -5.03. The van der Waals surface area contributed by atoms with Gasteiger partial charge in [0.15, 0.2) is 5.75 Å². The highest BCUT2D eigenvalue weighted by Crippen LogP contribution is 2.30. The minimum atomic E-state index is -4.96. The first-order valence-corrected chi connectivity index (χ1v) is 9.75. The number of nitrogens with one attached hydrogen (secondary N) is 1. The third-order valence-electron chi connectivity index (χ3n) is 4.98. The van der Waals surface area contributed by atoms with Gasteiger partial charge in [-0.05, 0) is 18.9 Å². The molecule has 0 aliphatic heterocycles. The number of rotatable bonds is 3. The number of carbonyl (C=O) groups is 1. The smallest absolute Gasteiger partial charge is 0.409 e. The van der Waals surface area contributed by atoms with Crippen LogP contribution in [0.4, 0.5) is 22.4 Å². The van der Waals surface area contributed by atoms with Gasteiger partial charge in [-0.1, -0.05) is 30.9 Å². The SMILES string of the molecule is Cn1c(C(F)(F)F)cc(=O)n(-c2cc(OC(=O)NC3CCCCC3)c(Cl)cc2F)c1=O. The molecule has 1 aromatic heterocycles. The Morgan fingerprint density at radius 3 is 2.42 bits per heavy atom. The van der Waals surface area contributed by atoms with Crippen molar-refractivity contribution >= 4 is 17.7 Å². The Kier molecular flexibility index (Phi) is 6.44. The number of nitrogens with zero attached hydrogens (tertiary/aromatic N) is 2. The summed E-state index contributed by atoms with van der Waals surface area (Å²) < 4.78 is 59.0. The topological polar surface area (TPSA) is 82.3 Å². The number of carbonyl (C=O) groups excluding carboxylic acids is 1. The van der Waals surface area contributed by atoms with Gasteiger partial charge in [-0.2, -0.15) is 13.2 Å². The molecule has 7 nitrogen and oxygen atoms in total. The van der Waals surface area contributed by atoms with E-state index >= 15 is 0 Å². The van der Waals surface area contributed by atoms with Crippen molar-refractivity contribution in [1.29, 1.82) is 0 Å². The van der Waals surface area contributed by atoms with E-state index in [1.807, 2.05) is 0 Å². The highest BCUT2D eigenvalue weighted by atomic mass is 35.5. The monoisotopic (exact) mass is 463 g/mol. The van der Waals surface area contributed by atoms with Gasteiger partial charge in [0, 0.05) is 25.2 Å². The molecule has 168 valence electrons. The first-order chi connectivity index (χ1) is 14.5. The van der Waals surface area contributed by atoms with E-state index in [1.54, 1.807) is 0 Å². The number of benzene rings is 1. The summed E-state index contributed by atoms with van der Waals surface area (Å²) in [7, 11) is 0.796. The molecule has 0 atom stereocenters. The fourth-order valence-electron chi connectivity index (χ4n) is 3.43. The summed E-state index contributed by atoms with van der Waals surface area (Å²) in [4.78, 5) is 36.8. The fraction of sp³-hybridized carbons (Fsp3) is 0.421. The molecule has 1 aliphatic carbocycles. The van der Waals surface area contributed by atoms with Gasteiger partial charge in [-0.15, -0.1) is 0 Å². The molecule has 1 N–H and O–H groups in total. The molecule has 31 heavy (non-hydrogen) atoms.